The number of sulfone groups is 1. The van der Waals surface area contributed by atoms with Gasteiger partial charge in [-0.05, 0) is 32.1 Å². The van der Waals surface area contributed by atoms with Gasteiger partial charge in [-0.15, -0.1) is 24.0 Å². The second-order valence-electron chi connectivity index (χ2n) is 5.57. The molecule has 0 aromatic heterocycles. The molecule has 2 N–H and O–H groups in total. The molecule has 0 aliphatic heterocycles. The summed E-state index contributed by atoms with van der Waals surface area (Å²) in [4.78, 5) is 4.19. The summed E-state index contributed by atoms with van der Waals surface area (Å²) < 4.78 is 22.2. The Morgan fingerprint density at radius 1 is 1.45 bits per heavy atom. The maximum Gasteiger partial charge on any atom is 0.191 e. The molecule has 0 amide bonds. The van der Waals surface area contributed by atoms with Crippen LogP contribution in [-0.4, -0.2) is 45.5 Å². The summed E-state index contributed by atoms with van der Waals surface area (Å²) >= 11 is 0. The second kappa shape index (κ2) is 9.07. The van der Waals surface area contributed by atoms with E-state index in [1.165, 1.54) is 25.5 Å². The maximum absolute atomic E-state index is 11.1. The van der Waals surface area contributed by atoms with E-state index in [4.69, 9.17) is 0 Å². The van der Waals surface area contributed by atoms with Crippen LogP contribution in [0.3, 0.4) is 0 Å². The maximum atomic E-state index is 11.1. The molecule has 0 saturated heterocycles. The van der Waals surface area contributed by atoms with E-state index in [2.05, 4.69) is 22.5 Å². The Hall–Kier alpha value is -0.0500. The van der Waals surface area contributed by atoms with E-state index < -0.39 is 9.84 Å². The molecule has 3 atom stereocenters. The third-order valence-corrected chi connectivity index (χ3v) is 4.41. The lowest BCUT2D eigenvalue weighted by Crippen LogP contribution is -2.44. The number of halogens is 1. The number of rotatable bonds is 7. The minimum atomic E-state index is -2.89. The first-order valence-corrected chi connectivity index (χ1v) is 9.09. The SMILES string of the molecule is CCCC1CC1NC(=NC)NC(C)CCS(C)(=O)=O.I. The van der Waals surface area contributed by atoms with Gasteiger partial charge in [-0.3, -0.25) is 4.99 Å². The molecule has 0 radical (unpaired) electrons. The Bertz CT molecular complexity index is 412. The molecule has 5 nitrogen and oxygen atoms in total. The fourth-order valence-electron chi connectivity index (χ4n) is 2.16. The van der Waals surface area contributed by atoms with Crippen molar-refractivity contribution in [1.29, 1.82) is 0 Å². The third-order valence-electron chi connectivity index (χ3n) is 3.43. The van der Waals surface area contributed by atoms with Crippen molar-refractivity contribution < 1.29 is 8.42 Å². The monoisotopic (exact) mass is 417 g/mol. The van der Waals surface area contributed by atoms with E-state index in [9.17, 15) is 8.42 Å². The van der Waals surface area contributed by atoms with Crippen LogP contribution < -0.4 is 10.6 Å². The van der Waals surface area contributed by atoms with Gasteiger partial charge in [0.05, 0.1) is 5.75 Å². The standard InChI is InChI=1S/C13H27N3O2S.HI/c1-5-6-11-9-12(11)16-13(14-3)15-10(2)7-8-19(4,17)18;/h10-12H,5-9H2,1-4H3,(H2,14,15,16);1H. The molecular weight excluding hydrogens is 389 g/mol. The van der Waals surface area contributed by atoms with Crippen LogP contribution in [-0.2, 0) is 9.84 Å². The van der Waals surface area contributed by atoms with E-state index in [0.717, 1.165) is 11.9 Å². The van der Waals surface area contributed by atoms with Gasteiger partial charge in [0, 0.05) is 25.4 Å². The molecule has 0 spiro atoms. The van der Waals surface area contributed by atoms with Gasteiger partial charge < -0.3 is 10.6 Å². The summed E-state index contributed by atoms with van der Waals surface area (Å²) in [6, 6.07) is 0.637. The number of hydrogen-bond acceptors (Lipinski definition) is 3. The van der Waals surface area contributed by atoms with E-state index in [1.807, 2.05) is 6.92 Å². The van der Waals surface area contributed by atoms with Crippen molar-refractivity contribution in [3.63, 3.8) is 0 Å². The number of hydrogen-bond donors (Lipinski definition) is 2. The molecule has 0 aromatic carbocycles. The molecule has 0 heterocycles. The van der Waals surface area contributed by atoms with Crippen molar-refractivity contribution in [2.45, 2.75) is 51.6 Å². The Morgan fingerprint density at radius 3 is 2.60 bits per heavy atom. The Balaban J connectivity index is 0.00000361. The fraction of sp³-hybridized carbons (Fsp3) is 0.923. The topological polar surface area (TPSA) is 70.6 Å². The predicted molar refractivity (Wildman–Crippen MR) is 95.6 cm³/mol. The fourth-order valence-corrected chi connectivity index (χ4v) is 2.94. The highest BCUT2D eigenvalue weighted by Crippen LogP contribution is 2.34. The highest BCUT2D eigenvalue weighted by atomic mass is 127. The van der Waals surface area contributed by atoms with Crippen LogP contribution in [0.1, 0.15) is 39.5 Å². The van der Waals surface area contributed by atoms with Crippen LogP contribution in [0.2, 0.25) is 0 Å². The molecule has 7 heteroatoms. The van der Waals surface area contributed by atoms with Crippen molar-refractivity contribution >= 4 is 39.8 Å². The van der Waals surface area contributed by atoms with Gasteiger partial charge in [0.1, 0.15) is 9.84 Å². The van der Waals surface area contributed by atoms with Crippen LogP contribution in [0.25, 0.3) is 0 Å². The zero-order valence-electron chi connectivity index (χ0n) is 12.8. The molecule has 1 aliphatic rings. The van der Waals surface area contributed by atoms with Gasteiger partial charge in [0.25, 0.3) is 0 Å². The minimum Gasteiger partial charge on any atom is -0.354 e. The average molecular weight is 417 g/mol. The summed E-state index contributed by atoms with van der Waals surface area (Å²) in [5.74, 6) is 1.76. The summed E-state index contributed by atoms with van der Waals surface area (Å²) in [5.41, 5.74) is 0. The van der Waals surface area contributed by atoms with Crippen molar-refractivity contribution in [3.8, 4) is 0 Å². The first kappa shape index (κ1) is 19.9. The van der Waals surface area contributed by atoms with Gasteiger partial charge in [-0.2, -0.15) is 0 Å². The van der Waals surface area contributed by atoms with Gasteiger partial charge in [0.15, 0.2) is 5.96 Å². The van der Waals surface area contributed by atoms with Crippen molar-refractivity contribution in [3.05, 3.63) is 0 Å². The highest BCUT2D eigenvalue weighted by molar-refractivity contribution is 14.0. The Labute approximate surface area is 140 Å². The van der Waals surface area contributed by atoms with Crippen molar-refractivity contribution in [2.24, 2.45) is 10.9 Å². The number of guanidine groups is 1. The van der Waals surface area contributed by atoms with E-state index in [-0.39, 0.29) is 35.8 Å². The molecule has 1 saturated carbocycles. The van der Waals surface area contributed by atoms with E-state index >= 15 is 0 Å². The third kappa shape index (κ3) is 8.28. The smallest absolute Gasteiger partial charge is 0.191 e. The van der Waals surface area contributed by atoms with Crippen LogP contribution in [0, 0.1) is 5.92 Å². The Morgan fingerprint density at radius 2 is 2.10 bits per heavy atom. The van der Waals surface area contributed by atoms with Crippen LogP contribution >= 0.6 is 24.0 Å². The molecule has 0 bridgehead atoms. The summed E-state index contributed by atoms with van der Waals surface area (Å²) in [5, 5.41) is 6.64. The van der Waals surface area contributed by atoms with Crippen LogP contribution in [0.4, 0.5) is 0 Å². The van der Waals surface area contributed by atoms with Gasteiger partial charge in [-0.25, -0.2) is 8.42 Å². The molecule has 1 fully saturated rings. The lowest BCUT2D eigenvalue weighted by Gasteiger charge is -2.17. The summed E-state index contributed by atoms with van der Waals surface area (Å²) in [7, 11) is -1.14. The highest BCUT2D eigenvalue weighted by Gasteiger charge is 2.36. The molecule has 120 valence electrons. The Kier molecular flexibility index (Phi) is 9.04. The molecule has 1 aliphatic carbocycles. The molecule has 1 rings (SSSR count). The normalized spacial score (nSPS) is 23.7. The number of nitrogens with one attached hydrogen (secondary N) is 2. The summed E-state index contributed by atoms with van der Waals surface area (Å²) in [6.07, 6.45) is 5.57. The lowest BCUT2D eigenvalue weighted by molar-refractivity contribution is 0.579. The van der Waals surface area contributed by atoms with Crippen LogP contribution in [0.15, 0.2) is 4.99 Å². The molecule has 0 aromatic rings. The van der Waals surface area contributed by atoms with Gasteiger partial charge >= 0.3 is 0 Å². The van der Waals surface area contributed by atoms with Crippen molar-refractivity contribution in [2.75, 3.05) is 19.1 Å². The number of aliphatic imine (C=N–C) groups is 1. The zero-order valence-corrected chi connectivity index (χ0v) is 16.0. The quantitative estimate of drug-likeness (QED) is 0.377. The largest absolute Gasteiger partial charge is 0.354 e. The second-order valence-corrected chi connectivity index (χ2v) is 7.83. The first-order chi connectivity index (χ1) is 8.85. The lowest BCUT2D eigenvalue weighted by atomic mass is 10.2. The minimum absolute atomic E-state index is 0. The van der Waals surface area contributed by atoms with Crippen LogP contribution in [0.5, 0.6) is 0 Å². The molecule has 20 heavy (non-hydrogen) atoms. The molecule has 3 unspecified atom stereocenters. The van der Waals surface area contributed by atoms with Gasteiger partial charge in [-0.1, -0.05) is 13.3 Å². The van der Waals surface area contributed by atoms with E-state index in [1.54, 1.807) is 7.05 Å². The molecular formula is C13H28IN3O2S. The summed E-state index contributed by atoms with van der Waals surface area (Å²) in [6.45, 7) is 4.18. The van der Waals surface area contributed by atoms with Gasteiger partial charge in [0.2, 0.25) is 0 Å². The average Bonchev–Trinajstić information content (AvgIpc) is 3.03. The first-order valence-electron chi connectivity index (χ1n) is 7.03. The van der Waals surface area contributed by atoms with Crippen molar-refractivity contribution in [1.82, 2.24) is 10.6 Å². The predicted octanol–water partition coefficient (Wildman–Crippen LogP) is 1.78. The zero-order chi connectivity index (χ0) is 14.5. The van der Waals surface area contributed by atoms with E-state index in [0.29, 0.717) is 12.5 Å². The number of nitrogens with zero attached hydrogens (tertiary/aromatic N) is 1.